The number of carbonyl (C=O) groups is 6. The van der Waals surface area contributed by atoms with Gasteiger partial charge in [-0.25, -0.2) is 18.8 Å². The summed E-state index contributed by atoms with van der Waals surface area (Å²) >= 11 is 1.71. The molecule has 1 aliphatic carbocycles. The van der Waals surface area contributed by atoms with Gasteiger partial charge in [0, 0.05) is 68.5 Å². The Bertz CT molecular complexity index is 2140. The van der Waals surface area contributed by atoms with Gasteiger partial charge in [0.2, 0.25) is 23.7 Å². The Balaban J connectivity index is 0.000000375. The lowest BCUT2D eigenvalue weighted by molar-refractivity contribution is -0.134. The number of nitrogens with one attached hydrogen (secondary N) is 4. The molecule has 1 saturated carbocycles. The van der Waals surface area contributed by atoms with Gasteiger partial charge in [-0.3, -0.25) is 19.2 Å². The van der Waals surface area contributed by atoms with E-state index in [0.717, 1.165) is 31.9 Å². The molecule has 19 heteroatoms. The first-order valence-corrected chi connectivity index (χ1v) is 21.2. The Morgan fingerprint density at radius 3 is 2.13 bits per heavy atom. The quantitative estimate of drug-likeness (QED) is 0.0970. The highest BCUT2D eigenvalue weighted by Crippen LogP contribution is 2.40. The number of aryl methyl sites for hydroxylation is 1. The van der Waals surface area contributed by atoms with Crippen molar-refractivity contribution >= 4 is 69.9 Å². The number of carbonyl (C=O) groups excluding carboxylic acids is 5. The molecule has 1 saturated heterocycles. The molecule has 6 amide bonds. The molecule has 62 heavy (non-hydrogen) atoms. The average Bonchev–Trinajstić information content (AvgIpc) is 3.85. The SMILES string of the molecule is CCCNC(N)=O.CCNC(=O)C1(C)CCC1.CCn1cc(C(=O)O)c(=O)c2cc(F)c(N3CCN(C(=O)OCc4ccc(NC(=O)CNC=O)cc4)CC3)cc21.c1ccsc1. The number of thiophene rings is 1. The van der Waals surface area contributed by atoms with Crippen LogP contribution in [0.4, 0.5) is 25.4 Å². The summed E-state index contributed by atoms with van der Waals surface area (Å²) in [6.07, 6.45) is 5.47. The highest BCUT2D eigenvalue weighted by molar-refractivity contribution is 7.07. The molecule has 2 fully saturated rings. The first-order chi connectivity index (χ1) is 29.7. The highest BCUT2D eigenvalue weighted by Gasteiger charge is 2.38. The lowest BCUT2D eigenvalue weighted by Gasteiger charge is -2.36. The number of aromatic nitrogens is 1. The van der Waals surface area contributed by atoms with Crippen LogP contribution in [0.1, 0.15) is 69.3 Å². The van der Waals surface area contributed by atoms with E-state index in [-0.39, 0.29) is 54.5 Å². The van der Waals surface area contributed by atoms with Crippen molar-refractivity contribution in [1.29, 1.82) is 0 Å². The zero-order valence-electron chi connectivity index (χ0n) is 35.5. The van der Waals surface area contributed by atoms with Crippen molar-refractivity contribution < 1.29 is 43.0 Å². The van der Waals surface area contributed by atoms with Gasteiger partial charge < -0.3 is 51.2 Å². The maximum atomic E-state index is 15.1. The summed E-state index contributed by atoms with van der Waals surface area (Å²) in [4.78, 5) is 82.9. The van der Waals surface area contributed by atoms with E-state index >= 15 is 4.39 Å². The number of hydrogen-bond acceptors (Lipinski definition) is 10. The second-order valence-electron chi connectivity index (χ2n) is 14.4. The normalized spacial score (nSPS) is 13.5. The fourth-order valence-corrected chi connectivity index (χ4v) is 6.68. The van der Waals surface area contributed by atoms with Crippen LogP contribution in [-0.2, 0) is 32.3 Å². The second kappa shape index (κ2) is 25.3. The molecule has 0 radical (unpaired) electrons. The lowest BCUT2D eigenvalue weighted by atomic mass is 9.70. The van der Waals surface area contributed by atoms with Crippen LogP contribution in [0.5, 0.6) is 0 Å². The van der Waals surface area contributed by atoms with Gasteiger partial charge in [-0.2, -0.15) is 11.3 Å². The van der Waals surface area contributed by atoms with E-state index < -0.39 is 34.9 Å². The molecule has 4 aromatic rings. The van der Waals surface area contributed by atoms with Crippen molar-refractivity contribution in [2.24, 2.45) is 11.1 Å². The van der Waals surface area contributed by atoms with Crippen LogP contribution in [0.3, 0.4) is 0 Å². The third-order valence-electron chi connectivity index (χ3n) is 9.86. The largest absolute Gasteiger partial charge is 0.477 e. The first kappa shape index (κ1) is 49.9. The molecule has 0 bridgehead atoms. The maximum Gasteiger partial charge on any atom is 0.410 e. The monoisotopic (exact) mass is 880 g/mol. The number of fused-ring (bicyclic) bond motifs is 1. The van der Waals surface area contributed by atoms with E-state index in [1.807, 2.05) is 43.7 Å². The van der Waals surface area contributed by atoms with E-state index in [4.69, 9.17) is 10.5 Å². The van der Waals surface area contributed by atoms with Gasteiger partial charge in [-0.1, -0.05) is 44.5 Å². The van der Waals surface area contributed by atoms with Crippen LogP contribution in [0.2, 0.25) is 0 Å². The van der Waals surface area contributed by atoms with E-state index in [1.165, 1.54) is 17.5 Å². The lowest BCUT2D eigenvalue weighted by Crippen LogP contribution is -2.49. The van der Waals surface area contributed by atoms with Crippen LogP contribution in [-0.4, -0.2) is 96.7 Å². The van der Waals surface area contributed by atoms with Gasteiger partial charge in [-0.15, -0.1) is 0 Å². The zero-order valence-corrected chi connectivity index (χ0v) is 36.4. The van der Waals surface area contributed by atoms with Crippen molar-refractivity contribution in [2.75, 3.05) is 56.0 Å². The van der Waals surface area contributed by atoms with Crippen LogP contribution < -0.4 is 37.3 Å². The van der Waals surface area contributed by atoms with Crippen LogP contribution in [0, 0.1) is 11.2 Å². The minimum Gasteiger partial charge on any atom is -0.477 e. The van der Waals surface area contributed by atoms with Gasteiger partial charge in [0.1, 0.15) is 18.0 Å². The molecule has 3 heterocycles. The molecule has 2 aromatic heterocycles. The summed E-state index contributed by atoms with van der Waals surface area (Å²) in [6, 6.07) is 12.9. The molecular weight excluding hydrogens is 824 g/mol. The number of ether oxygens (including phenoxy) is 1. The number of primary amides is 1. The van der Waals surface area contributed by atoms with Gasteiger partial charge in [0.25, 0.3) is 0 Å². The Morgan fingerprint density at radius 2 is 1.65 bits per heavy atom. The summed E-state index contributed by atoms with van der Waals surface area (Å²) < 4.78 is 22.1. The number of rotatable bonds is 13. The smallest absolute Gasteiger partial charge is 0.410 e. The number of pyridine rings is 1. The van der Waals surface area contributed by atoms with Crippen molar-refractivity contribution in [3.63, 3.8) is 0 Å². The van der Waals surface area contributed by atoms with E-state index in [0.29, 0.717) is 49.4 Å². The first-order valence-electron chi connectivity index (χ1n) is 20.3. The number of anilines is 2. The Labute approximate surface area is 363 Å². The fraction of sp³-hybridized carbons (Fsp3) is 0.419. The van der Waals surface area contributed by atoms with E-state index in [1.54, 1.807) is 58.1 Å². The average molecular weight is 881 g/mol. The molecule has 0 spiro atoms. The summed E-state index contributed by atoms with van der Waals surface area (Å²) in [7, 11) is 0. The third-order valence-corrected chi connectivity index (χ3v) is 10.5. The number of piperazine rings is 1. The molecule has 17 nitrogen and oxygen atoms in total. The van der Waals surface area contributed by atoms with Crippen LogP contribution in [0.15, 0.2) is 70.3 Å². The Morgan fingerprint density at radius 1 is 0.984 bits per heavy atom. The number of nitrogens with two attached hydrogens (primary N) is 1. The maximum absolute atomic E-state index is 15.1. The Hall–Kier alpha value is -6.50. The number of halogens is 1. The van der Waals surface area contributed by atoms with E-state index in [9.17, 15) is 38.7 Å². The molecular formula is C43H57FN8O9S. The number of amides is 6. The number of hydrogen-bond donors (Lipinski definition) is 6. The topological polar surface area (TPSA) is 234 Å². The highest BCUT2D eigenvalue weighted by atomic mass is 32.1. The molecule has 0 unspecified atom stereocenters. The fourth-order valence-electron chi connectivity index (χ4n) is 6.23. The van der Waals surface area contributed by atoms with Crippen LogP contribution in [0.25, 0.3) is 10.9 Å². The summed E-state index contributed by atoms with van der Waals surface area (Å²) in [6.45, 7) is 10.7. The Kier molecular flexibility index (Phi) is 20.4. The third kappa shape index (κ3) is 15.2. The molecule has 0 atom stereocenters. The van der Waals surface area contributed by atoms with Crippen LogP contribution >= 0.6 is 11.3 Å². The minimum atomic E-state index is -1.37. The summed E-state index contributed by atoms with van der Waals surface area (Å²) in [5.74, 6) is -2.15. The number of aromatic carboxylic acids is 1. The molecule has 6 rings (SSSR count). The van der Waals surface area contributed by atoms with Crippen molar-refractivity contribution in [3.8, 4) is 0 Å². The number of urea groups is 1. The van der Waals surface area contributed by atoms with Gasteiger partial charge in [0.05, 0.1) is 17.7 Å². The second-order valence-corrected chi connectivity index (χ2v) is 15.2. The van der Waals surface area contributed by atoms with Gasteiger partial charge >= 0.3 is 18.1 Å². The van der Waals surface area contributed by atoms with Gasteiger partial charge in [0.15, 0.2) is 0 Å². The number of carboxylic acid groups (broad SMARTS) is 1. The van der Waals surface area contributed by atoms with Crippen molar-refractivity contribution in [3.05, 3.63) is 92.7 Å². The van der Waals surface area contributed by atoms with Gasteiger partial charge in [-0.05, 0) is 73.7 Å². The zero-order chi connectivity index (χ0) is 45.7. The molecule has 2 aromatic carbocycles. The van der Waals surface area contributed by atoms with Crippen molar-refractivity contribution in [1.82, 2.24) is 25.4 Å². The standard InChI is InChI=1S/C27H28FN5O7.C8H15NO.C4H10N2O.C4H4S/c1-2-31-14-20(26(37)38)25(36)19-11-21(28)23(12-22(19)31)32-7-9-33(10-8-32)27(39)40-15-17-3-5-18(6-4-17)30-24(35)13-29-16-34;1-3-9-7(10)8(2)5-4-6-8;1-2-3-6-4(5)7;1-2-4-5-3-1/h3-6,11-12,14,16H,2,7-10,13,15H2,1H3,(H,29,34)(H,30,35)(H,37,38);3-6H2,1-2H3,(H,9,10);2-3H2,1H3,(H3,5,6,7);1-4H. The summed E-state index contributed by atoms with van der Waals surface area (Å²) in [5.41, 5.74) is 5.49. The number of benzene rings is 2. The molecule has 2 aliphatic rings. The number of carboxylic acids is 1. The van der Waals surface area contributed by atoms with Crippen molar-refractivity contribution in [2.45, 2.75) is 66.5 Å². The molecule has 7 N–H and O–H groups in total. The predicted molar refractivity (Wildman–Crippen MR) is 237 cm³/mol. The predicted octanol–water partition coefficient (Wildman–Crippen LogP) is 5.13. The molecule has 1 aliphatic heterocycles. The minimum absolute atomic E-state index is 0.00414. The number of nitrogens with zero attached hydrogens (tertiary/aromatic N) is 3. The summed E-state index contributed by atoms with van der Waals surface area (Å²) in [5, 5.41) is 23.6. The van der Waals surface area contributed by atoms with E-state index in [2.05, 4.69) is 21.3 Å². The molecule has 336 valence electrons.